The topological polar surface area (TPSA) is 39.9 Å². The van der Waals surface area contributed by atoms with Crippen LogP contribution in [0.2, 0.25) is 0 Å². The molecule has 0 saturated carbocycles. The second-order valence-electron chi connectivity index (χ2n) is 3.79. The summed E-state index contributed by atoms with van der Waals surface area (Å²) >= 11 is 0. The summed E-state index contributed by atoms with van der Waals surface area (Å²) in [7, 11) is 1.99. The minimum Gasteiger partial charge on any atom is -0.359 e. The molecule has 0 saturated heterocycles. The first-order chi connectivity index (χ1) is 6.63. The molecule has 0 aliphatic carbocycles. The Morgan fingerprint density at radius 2 is 2.29 bits per heavy atom. The minimum atomic E-state index is 0.590. The first-order valence-corrected chi connectivity index (χ1v) is 4.70. The maximum absolute atomic E-state index is 8.73. The van der Waals surface area contributed by atoms with Gasteiger partial charge in [-0.2, -0.15) is 5.26 Å². The van der Waals surface area contributed by atoms with Crippen molar-refractivity contribution in [1.82, 2.24) is 4.98 Å². The van der Waals surface area contributed by atoms with E-state index in [0.717, 1.165) is 12.4 Å². The summed E-state index contributed by atoms with van der Waals surface area (Å²) in [5.41, 5.74) is 0.658. The van der Waals surface area contributed by atoms with Crippen molar-refractivity contribution in [3.05, 3.63) is 23.9 Å². The van der Waals surface area contributed by atoms with Crippen LogP contribution < -0.4 is 4.90 Å². The van der Waals surface area contributed by atoms with Crippen molar-refractivity contribution in [1.29, 1.82) is 5.26 Å². The monoisotopic (exact) mass is 189 g/mol. The molecule has 74 valence electrons. The molecule has 1 rings (SSSR count). The number of hydrogen-bond donors (Lipinski definition) is 0. The lowest BCUT2D eigenvalue weighted by Crippen LogP contribution is -2.23. The maximum atomic E-state index is 8.73. The van der Waals surface area contributed by atoms with Crippen LogP contribution in [0, 0.1) is 17.2 Å². The molecule has 3 heteroatoms. The Labute approximate surface area is 85.0 Å². The highest BCUT2D eigenvalue weighted by Gasteiger charge is 2.04. The maximum Gasteiger partial charge on any atom is 0.129 e. The van der Waals surface area contributed by atoms with Crippen LogP contribution >= 0.6 is 0 Å². The molecule has 1 aromatic rings. The molecule has 0 radical (unpaired) electrons. The largest absolute Gasteiger partial charge is 0.359 e. The van der Waals surface area contributed by atoms with Gasteiger partial charge in [-0.05, 0) is 18.1 Å². The third-order valence-corrected chi connectivity index (χ3v) is 1.90. The Balaban J connectivity index is 2.80. The average Bonchev–Trinajstić information content (AvgIpc) is 2.17. The molecule has 0 amide bonds. The van der Waals surface area contributed by atoms with E-state index >= 15 is 0 Å². The number of pyridine rings is 1. The van der Waals surface area contributed by atoms with Gasteiger partial charge in [-0.1, -0.05) is 13.8 Å². The van der Waals surface area contributed by atoms with Gasteiger partial charge in [0.05, 0.1) is 11.6 Å². The molecule has 1 aromatic heterocycles. The Kier molecular flexibility index (Phi) is 3.47. The van der Waals surface area contributed by atoms with Crippen molar-refractivity contribution in [3.8, 4) is 6.07 Å². The molecule has 0 atom stereocenters. The normalized spacial score (nSPS) is 9.93. The van der Waals surface area contributed by atoms with Crippen LogP contribution in [0.4, 0.5) is 5.82 Å². The Morgan fingerprint density at radius 3 is 2.86 bits per heavy atom. The summed E-state index contributed by atoms with van der Waals surface area (Å²) in [4.78, 5) is 6.28. The van der Waals surface area contributed by atoms with E-state index < -0.39 is 0 Å². The number of anilines is 1. The van der Waals surface area contributed by atoms with Gasteiger partial charge in [-0.15, -0.1) is 0 Å². The van der Waals surface area contributed by atoms with Gasteiger partial charge in [-0.25, -0.2) is 4.98 Å². The Hall–Kier alpha value is -1.56. The standard InChI is InChI=1S/C11H15N3/c1-9(2)8-14(3)11-6-10(7-12)4-5-13-11/h4-6,9H,8H2,1-3H3. The van der Waals surface area contributed by atoms with Crippen molar-refractivity contribution in [2.45, 2.75) is 13.8 Å². The number of rotatable bonds is 3. The van der Waals surface area contributed by atoms with E-state index in [1.165, 1.54) is 0 Å². The molecular formula is C11H15N3. The fourth-order valence-corrected chi connectivity index (χ4v) is 1.34. The molecule has 0 aliphatic heterocycles. The highest BCUT2D eigenvalue weighted by Crippen LogP contribution is 2.11. The highest BCUT2D eigenvalue weighted by atomic mass is 15.2. The lowest BCUT2D eigenvalue weighted by molar-refractivity contribution is 0.634. The van der Waals surface area contributed by atoms with E-state index in [-0.39, 0.29) is 0 Å². The van der Waals surface area contributed by atoms with Gasteiger partial charge in [0.25, 0.3) is 0 Å². The van der Waals surface area contributed by atoms with Gasteiger partial charge in [0.1, 0.15) is 5.82 Å². The SMILES string of the molecule is CC(C)CN(C)c1cc(C#N)ccn1. The van der Waals surface area contributed by atoms with Crippen LogP contribution in [0.3, 0.4) is 0 Å². The van der Waals surface area contributed by atoms with Crippen molar-refractivity contribution in [2.75, 3.05) is 18.5 Å². The summed E-state index contributed by atoms with van der Waals surface area (Å²) in [6.45, 7) is 5.26. The second kappa shape index (κ2) is 4.61. The molecule has 0 aliphatic rings. The van der Waals surface area contributed by atoms with Gasteiger partial charge >= 0.3 is 0 Å². The van der Waals surface area contributed by atoms with Crippen LogP contribution in [-0.2, 0) is 0 Å². The molecule has 0 spiro atoms. The zero-order valence-corrected chi connectivity index (χ0v) is 8.86. The first-order valence-electron chi connectivity index (χ1n) is 4.70. The number of aromatic nitrogens is 1. The molecule has 0 aromatic carbocycles. The summed E-state index contributed by atoms with van der Waals surface area (Å²) < 4.78 is 0. The summed E-state index contributed by atoms with van der Waals surface area (Å²) in [6, 6.07) is 5.63. The third-order valence-electron chi connectivity index (χ3n) is 1.90. The summed E-state index contributed by atoms with van der Waals surface area (Å²) in [5, 5.41) is 8.73. The van der Waals surface area contributed by atoms with E-state index in [9.17, 15) is 0 Å². The Morgan fingerprint density at radius 1 is 1.57 bits per heavy atom. The number of nitrogens with zero attached hydrogens (tertiary/aromatic N) is 3. The zero-order chi connectivity index (χ0) is 10.6. The first kappa shape index (κ1) is 10.5. The van der Waals surface area contributed by atoms with Gasteiger partial charge in [0.15, 0.2) is 0 Å². The molecular weight excluding hydrogens is 174 g/mol. The van der Waals surface area contributed by atoms with Crippen molar-refractivity contribution in [3.63, 3.8) is 0 Å². The van der Waals surface area contributed by atoms with E-state index in [1.54, 1.807) is 12.3 Å². The van der Waals surface area contributed by atoms with Crippen LogP contribution in [0.5, 0.6) is 0 Å². The highest BCUT2D eigenvalue weighted by molar-refractivity contribution is 5.44. The molecule has 3 nitrogen and oxygen atoms in total. The van der Waals surface area contributed by atoms with Crippen LogP contribution in [0.15, 0.2) is 18.3 Å². The minimum absolute atomic E-state index is 0.590. The predicted molar refractivity (Wildman–Crippen MR) is 57.1 cm³/mol. The molecule has 1 heterocycles. The third kappa shape index (κ3) is 2.74. The van der Waals surface area contributed by atoms with Crippen LogP contribution in [0.25, 0.3) is 0 Å². The molecule has 0 N–H and O–H groups in total. The van der Waals surface area contributed by atoms with Crippen LogP contribution in [0.1, 0.15) is 19.4 Å². The van der Waals surface area contributed by atoms with Gasteiger partial charge in [-0.3, -0.25) is 0 Å². The zero-order valence-electron chi connectivity index (χ0n) is 8.86. The fourth-order valence-electron chi connectivity index (χ4n) is 1.34. The average molecular weight is 189 g/mol. The molecule has 0 fully saturated rings. The lowest BCUT2D eigenvalue weighted by Gasteiger charge is -2.20. The molecule has 0 bridgehead atoms. The van der Waals surface area contributed by atoms with E-state index in [4.69, 9.17) is 5.26 Å². The van der Waals surface area contributed by atoms with E-state index in [0.29, 0.717) is 11.5 Å². The van der Waals surface area contributed by atoms with Crippen molar-refractivity contribution in [2.24, 2.45) is 5.92 Å². The second-order valence-corrected chi connectivity index (χ2v) is 3.79. The van der Waals surface area contributed by atoms with E-state index in [1.807, 2.05) is 13.1 Å². The number of nitriles is 1. The van der Waals surface area contributed by atoms with Crippen LogP contribution in [-0.4, -0.2) is 18.6 Å². The van der Waals surface area contributed by atoms with Gasteiger partial charge in [0, 0.05) is 19.8 Å². The van der Waals surface area contributed by atoms with Crippen molar-refractivity contribution < 1.29 is 0 Å². The lowest BCUT2D eigenvalue weighted by atomic mass is 10.2. The van der Waals surface area contributed by atoms with E-state index in [2.05, 4.69) is 29.8 Å². The summed E-state index contributed by atoms with van der Waals surface area (Å²) in [5.74, 6) is 1.45. The van der Waals surface area contributed by atoms with Gasteiger partial charge < -0.3 is 4.90 Å². The predicted octanol–water partition coefficient (Wildman–Crippen LogP) is 2.05. The molecule has 14 heavy (non-hydrogen) atoms. The Bertz CT molecular complexity index is 339. The fraction of sp³-hybridized carbons (Fsp3) is 0.455. The van der Waals surface area contributed by atoms with Crippen molar-refractivity contribution >= 4 is 5.82 Å². The summed E-state index contributed by atoms with van der Waals surface area (Å²) in [6.07, 6.45) is 1.67. The van der Waals surface area contributed by atoms with Gasteiger partial charge in [0.2, 0.25) is 0 Å². The quantitative estimate of drug-likeness (QED) is 0.730. The number of hydrogen-bond acceptors (Lipinski definition) is 3. The smallest absolute Gasteiger partial charge is 0.129 e. The molecule has 0 unspecified atom stereocenters.